The minimum atomic E-state index is -4.55. The van der Waals surface area contributed by atoms with E-state index in [-0.39, 0.29) is 27.8 Å². The second kappa shape index (κ2) is 12.1. The number of amides is 2. The first-order valence-electron chi connectivity index (χ1n) is 14.0. The van der Waals surface area contributed by atoms with Crippen LogP contribution in [0.4, 0.5) is 19.0 Å². The van der Waals surface area contributed by atoms with E-state index < -0.39 is 17.6 Å². The number of pyridine rings is 1. The Kier molecular flexibility index (Phi) is 8.43. The Morgan fingerprint density at radius 1 is 1.16 bits per heavy atom. The minimum absolute atomic E-state index is 0.0496. The monoisotopic (exact) mass is 592 g/mol. The van der Waals surface area contributed by atoms with Gasteiger partial charge in [-0.05, 0) is 69.8 Å². The predicted molar refractivity (Wildman–Crippen MR) is 158 cm³/mol. The molecule has 4 heterocycles. The summed E-state index contributed by atoms with van der Waals surface area (Å²) in [5.74, 6) is -0.122. The van der Waals surface area contributed by atoms with Crippen molar-refractivity contribution in [1.82, 2.24) is 14.8 Å². The summed E-state index contributed by atoms with van der Waals surface area (Å²) in [7, 11) is 5.89. The van der Waals surface area contributed by atoms with Crippen LogP contribution in [0.15, 0.2) is 88.5 Å². The number of likely N-dealkylation sites (tertiary alicyclic amines) is 1. The van der Waals surface area contributed by atoms with Crippen molar-refractivity contribution in [3.8, 4) is 0 Å². The van der Waals surface area contributed by atoms with Gasteiger partial charge in [0.15, 0.2) is 5.70 Å². The van der Waals surface area contributed by atoms with Crippen LogP contribution in [0, 0.1) is 0 Å². The number of amidine groups is 1. The van der Waals surface area contributed by atoms with E-state index in [0.717, 1.165) is 54.5 Å². The standard InChI is InChI=1S/C31H32F3N7O2/c1-39(2)16-6-8-27(42)40-17-5-4-7-24(40)28-25-20-35-15-18-41(25,3)29(38-28)21-9-11-22(12-10-21)30(43)37-26-19-23(13-14-36-26)31(32,33)34/h6,8-15,18-20,24H,4-5,7,16-17H2,1-3H3/p+1/b8-6+. The highest BCUT2D eigenvalue weighted by molar-refractivity contribution is 6.05. The van der Waals surface area contributed by atoms with E-state index in [0.29, 0.717) is 18.9 Å². The number of piperidine rings is 1. The molecular weight excluding hydrogens is 559 g/mol. The molecule has 1 fully saturated rings. The van der Waals surface area contributed by atoms with E-state index in [2.05, 4.69) is 15.3 Å². The lowest BCUT2D eigenvalue weighted by Crippen LogP contribution is -2.46. The maximum atomic E-state index is 13.2. The molecule has 0 bridgehead atoms. The maximum absolute atomic E-state index is 13.2. The molecule has 224 valence electrons. The average molecular weight is 593 g/mol. The van der Waals surface area contributed by atoms with Crippen molar-refractivity contribution < 1.29 is 27.2 Å². The summed E-state index contributed by atoms with van der Waals surface area (Å²) >= 11 is 0. The van der Waals surface area contributed by atoms with Gasteiger partial charge >= 0.3 is 6.18 Å². The van der Waals surface area contributed by atoms with Crippen LogP contribution in [0.25, 0.3) is 0 Å². The molecule has 43 heavy (non-hydrogen) atoms. The Labute approximate surface area is 248 Å². The van der Waals surface area contributed by atoms with Crippen LogP contribution < -0.4 is 5.32 Å². The molecule has 2 atom stereocenters. The molecule has 1 aromatic carbocycles. The van der Waals surface area contributed by atoms with Gasteiger partial charge in [0.25, 0.3) is 5.91 Å². The number of hydrogen-bond donors (Lipinski definition) is 1. The van der Waals surface area contributed by atoms with Crippen molar-refractivity contribution in [3.05, 3.63) is 95.2 Å². The number of allylic oxidation sites excluding steroid dienone is 1. The Hall–Kier alpha value is -4.42. The van der Waals surface area contributed by atoms with Crippen LogP contribution in [0.1, 0.15) is 40.7 Å². The Morgan fingerprint density at radius 2 is 1.93 bits per heavy atom. The largest absolute Gasteiger partial charge is 0.416 e. The number of alkyl halides is 3. The van der Waals surface area contributed by atoms with Crippen LogP contribution in [0.2, 0.25) is 0 Å². The van der Waals surface area contributed by atoms with Crippen LogP contribution >= 0.6 is 0 Å². The summed E-state index contributed by atoms with van der Waals surface area (Å²) in [5, 5.41) is 2.43. The maximum Gasteiger partial charge on any atom is 0.416 e. The van der Waals surface area contributed by atoms with Crippen LogP contribution in [-0.2, 0) is 11.0 Å². The molecule has 0 spiro atoms. The summed E-state index contributed by atoms with van der Waals surface area (Å²) in [6, 6.07) is 8.13. The van der Waals surface area contributed by atoms with Crippen molar-refractivity contribution >= 4 is 29.7 Å². The highest BCUT2D eigenvalue weighted by Crippen LogP contribution is 2.38. The zero-order chi connectivity index (χ0) is 30.8. The molecule has 1 N–H and O–H groups in total. The Bertz CT molecular complexity index is 1560. The number of nitrogens with one attached hydrogen (secondary N) is 1. The van der Waals surface area contributed by atoms with E-state index in [4.69, 9.17) is 4.99 Å². The molecule has 0 radical (unpaired) electrons. The molecule has 3 aliphatic rings. The number of anilines is 1. The number of rotatable bonds is 7. The average Bonchev–Trinajstić information content (AvgIpc) is 3.29. The number of carbonyl (C=O) groups is 2. The van der Waals surface area contributed by atoms with Crippen molar-refractivity contribution in [1.29, 1.82) is 0 Å². The van der Waals surface area contributed by atoms with Gasteiger partial charge in [-0.2, -0.15) is 18.2 Å². The van der Waals surface area contributed by atoms with Gasteiger partial charge in [0, 0.05) is 30.9 Å². The molecule has 12 heteroatoms. The molecule has 0 saturated carbocycles. The molecule has 0 aliphatic carbocycles. The highest BCUT2D eigenvalue weighted by atomic mass is 19.4. The number of likely N-dealkylation sites (N-methyl/N-ethyl adjacent to an activating group) is 1. The number of halogens is 3. The van der Waals surface area contributed by atoms with E-state index in [9.17, 15) is 22.8 Å². The SMILES string of the molecule is CN(C)C/C=C/C(=O)N1CCCCC1C1=C2C=NC=C[N+]2(C)C(c2ccc(C(=O)Nc3cc(C(F)(F)F)ccn3)cc2)=N1. The van der Waals surface area contributed by atoms with Gasteiger partial charge in [-0.1, -0.05) is 6.08 Å². The first kappa shape index (κ1) is 30.1. The predicted octanol–water partition coefficient (Wildman–Crippen LogP) is 4.83. The molecule has 2 amide bonds. The zero-order valence-corrected chi connectivity index (χ0v) is 24.2. The van der Waals surface area contributed by atoms with E-state index >= 15 is 0 Å². The van der Waals surface area contributed by atoms with Crippen LogP contribution in [0.5, 0.6) is 0 Å². The van der Waals surface area contributed by atoms with Crippen molar-refractivity contribution in [3.63, 3.8) is 0 Å². The van der Waals surface area contributed by atoms with Gasteiger partial charge < -0.3 is 15.1 Å². The molecular formula is C31H33F3N7O2+. The third kappa shape index (κ3) is 6.35. The number of benzene rings is 1. The molecule has 1 saturated heterocycles. The van der Waals surface area contributed by atoms with Gasteiger partial charge in [-0.25, -0.2) is 9.47 Å². The van der Waals surface area contributed by atoms with Gasteiger partial charge in [0.1, 0.15) is 17.7 Å². The first-order valence-corrected chi connectivity index (χ1v) is 14.0. The van der Waals surface area contributed by atoms with E-state index in [1.807, 2.05) is 43.2 Å². The van der Waals surface area contributed by atoms with Gasteiger partial charge in [0.2, 0.25) is 11.7 Å². The summed E-state index contributed by atoms with van der Waals surface area (Å²) in [6.45, 7) is 1.30. The lowest BCUT2D eigenvalue weighted by molar-refractivity contribution is -0.713. The minimum Gasteiger partial charge on any atom is -0.330 e. The summed E-state index contributed by atoms with van der Waals surface area (Å²) in [5.41, 5.74) is 1.77. The number of quaternary nitrogens is 1. The summed E-state index contributed by atoms with van der Waals surface area (Å²) in [6.07, 6.45) is 8.04. The number of aliphatic imine (C=N–C) groups is 2. The molecule has 9 nitrogen and oxygen atoms in total. The third-order valence-electron chi connectivity index (χ3n) is 7.64. The molecule has 3 aliphatic heterocycles. The van der Waals surface area contributed by atoms with Gasteiger partial charge in [0.05, 0.1) is 36.6 Å². The number of aromatic nitrogens is 1. The van der Waals surface area contributed by atoms with Crippen molar-refractivity contribution in [2.75, 3.05) is 39.5 Å². The summed E-state index contributed by atoms with van der Waals surface area (Å²) in [4.78, 5) is 43.2. The summed E-state index contributed by atoms with van der Waals surface area (Å²) < 4.78 is 39.4. The van der Waals surface area contributed by atoms with Crippen molar-refractivity contribution in [2.24, 2.45) is 9.98 Å². The lowest BCUT2D eigenvalue weighted by atomic mass is 9.97. The van der Waals surface area contributed by atoms with E-state index in [1.54, 1.807) is 42.8 Å². The molecule has 5 rings (SSSR count). The Morgan fingerprint density at radius 3 is 2.65 bits per heavy atom. The highest BCUT2D eigenvalue weighted by Gasteiger charge is 2.46. The number of nitrogens with zero attached hydrogens (tertiary/aromatic N) is 6. The molecule has 1 aromatic heterocycles. The number of hydrogen-bond acceptors (Lipinski definition) is 6. The van der Waals surface area contributed by atoms with Crippen molar-refractivity contribution in [2.45, 2.75) is 31.5 Å². The first-order chi connectivity index (χ1) is 20.5. The fourth-order valence-electron chi connectivity index (χ4n) is 5.40. The van der Waals surface area contributed by atoms with Crippen LogP contribution in [0.3, 0.4) is 0 Å². The quantitative estimate of drug-likeness (QED) is 0.369. The number of carbonyl (C=O) groups excluding carboxylic acids is 2. The second-order valence-corrected chi connectivity index (χ2v) is 11.0. The third-order valence-corrected chi connectivity index (χ3v) is 7.64. The second-order valence-electron chi connectivity index (χ2n) is 11.0. The smallest absolute Gasteiger partial charge is 0.330 e. The number of fused-ring (bicyclic) bond motifs is 1. The zero-order valence-electron chi connectivity index (χ0n) is 24.2. The van der Waals surface area contributed by atoms with E-state index in [1.165, 1.54) is 0 Å². The Balaban J connectivity index is 1.40. The normalized spacial score (nSPS) is 21.9. The van der Waals surface area contributed by atoms with Gasteiger partial charge in [-0.15, -0.1) is 0 Å². The fourth-order valence-corrected chi connectivity index (χ4v) is 5.40. The molecule has 2 aromatic rings. The fraction of sp³-hybridized carbons (Fsp3) is 0.323. The van der Waals surface area contributed by atoms with Gasteiger partial charge in [-0.3, -0.25) is 14.6 Å². The topological polar surface area (TPSA) is 90.3 Å². The molecule has 2 unspecified atom stereocenters. The lowest BCUT2D eigenvalue weighted by Gasteiger charge is -2.35. The van der Waals surface area contributed by atoms with Crippen LogP contribution in [-0.4, -0.2) is 83.4 Å².